The molecule has 6 heteroatoms. The Balaban J connectivity index is 2.02. The Bertz CT molecular complexity index is 684. The van der Waals surface area contributed by atoms with Crippen LogP contribution in [0.4, 0.5) is 5.69 Å². The largest absolute Gasteiger partial charge is 0.497 e. The molecule has 0 spiro atoms. The van der Waals surface area contributed by atoms with Crippen molar-refractivity contribution in [3.8, 4) is 23.0 Å². The van der Waals surface area contributed by atoms with Crippen molar-refractivity contribution in [3.05, 3.63) is 42.5 Å². The quantitative estimate of drug-likeness (QED) is 0.844. The van der Waals surface area contributed by atoms with Gasteiger partial charge < -0.3 is 24.3 Å². The van der Waals surface area contributed by atoms with E-state index in [1.54, 1.807) is 63.6 Å². The van der Waals surface area contributed by atoms with Gasteiger partial charge in [0.25, 0.3) is 5.91 Å². The van der Waals surface area contributed by atoms with Gasteiger partial charge in [0.2, 0.25) is 0 Å². The maximum Gasteiger partial charge on any atom is 0.265 e. The van der Waals surface area contributed by atoms with Crippen LogP contribution in [0.2, 0.25) is 0 Å². The molecular formula is C18H21NO5. The first kappa shape index (κ1) is 17.5. The zero-order valence-corrected chi connectivity index (χ0v) is 14.2. The van der Waals surface area contributed by atoms with Gasteiger partial charge in [0.05, 0.1) is 27.0 Å². The summed E-state index contributed by atoms with van der Waals surface area (Å²) in [5.41, 5.74) is 0.550. The summed E-state index contributed by atoms with van der Waals surface area (Å²) in [6.07, 6.45) is -0.676. The third-order valence-corrected chi connectivity index (χ3v) is 3.41. The number of carbonyl (C=O) groups is 1. The first-order chi connectivity index (χ1) is 11.6. The molecule has 2 aromatic rings. The van der Waals surface area contributed by atoms with Crippen molar-refractivity contribution < 1.29 is 23.7 Å². The van der Waals surface area contributed by atoms with E-state index >= 15 is 0 Å². The summed E-state index contributed by atoms with van der Waals surface area (Å²) in [4.78, 5) is 12.3. The van der Waals surface area contributed by atoms with E-state index in [4.69, 9.17) is 18.9 Å². The monoisotopic (exact) mass is 331 g/mol. The van der Waals surface area contributed by atoms with Gasteiger partial charge in [-0.2, -0.15) is 0 Å². The number of rotatable bonds is 7. The number of ether oxygens (including phenoxy) is 4. The molecule has 0 fully saturated rings. The SMILES string of the molecule is COc1ccc(O[C@H](C)C(=O)Nc2ccc(OC)cc2OC)cc1. The van der Waals surface area contributed by atoms with Crippen LogP contribution >= 0.6 is 0 Å². The predicted octanol–water partition coefficient (Wildman–Crippen LogP) is 3.12. The van der Waals surface area contributed by atoms with Crippen LogP contribution in [0.15, 0.2) is 42.5 Å². The lowest BCUT2D eigenvalue weighted by Crippen LogP contribution is -2.30. The fraction of sp³-hybridized carbons (Fsp3) is 0.278. The van der Waals surface area contributed by atoms with Gasteiger partial charge in [-0.1, -0.05) is 0 Å². The van der Waals surface area contributed by atoms with Crippen molar-refractivity contribution in [2.24, 2.45) is 0 Å². The van der Waals surface area contributed by atoms with Crippen molar-refractivity contribution >= 4 is 11.6 Å². The molecule has 0 aliphatic carbocycles. The fourth-order valence-electron chi connectivity index (χ4n) is 2.05. The summed E-state index contributed by atoms with van der Waals surface area (Å²) in [7, 11) is 4.69. The Kier molecular flexibility index (Phi) is 5.89. The minimum absolute atomic E-state index is 0.283. The second kappa shape index (κ2) is 8.10. The van der Waals surface area contributed by atoms with E-state index in [1.807, 2.05) is 0 Å². The molecule has 0 bridgehead atoms. The van der Waals surface area contributed by atoms with E-state index in [1.165, 1.54) is 7.11 Å². The number of amides is 1. The molecule has 6 nitrogen and oxygen atoms in total. The molecule has 0 aliphatic heterocycles. The second-order valence-electron chi connectivity index (χ2n) is 4.99. The highest BCUT2D eigenvalue weighted by Gasteiger charge is 2.17. The van der Waals surface area contributed by atoms with Gasteiger partial charge in [-0.25, -0.2) is 0 Å². The summed E-state index contributed by atoms with van der Waals surface area (Å²) < 4.78 is 21.1. The molecule has 0 heterocycles. The minimum Gasteiger partial charge on any atom is -0.497 e. The summed E-state index contributed by atoms with van der Waals surface area (Å²) in [6.45, 7) is 1.68. The first-order valence-electron chi connectivity index (χ1n) is 7.41. The molecule has 0 aliphatic rings. The van der Waals surface area contributed by atoms with Crippen LogP contribution in [0.3, 0.4) is 0 Å². The predicted molar refractivity (Wildman–Crippen MR) is 91.3 cm³/mol. The standard InChI is InChI=1S/C18H21NO5/c1-12(24-14-7-5-13(21-2)6-8-14)18(20)19-16-10-9-15(22-3)11-17(16)23-4/h5-12H,1-4H3,(H,19,20)/t12-/m1/s1. The highest BCUT2D eigenvalue weighted by atomic mass is 16.5. The topological polar surface area (TPSA) is 66.0 Å². The molecule has 1 N–H and O–H groups in total. The van der Waals surface area contributed by atoms with E-state index in [9.17, 15) is 4.79 Å². The van der Waals surface area contributed by atoms with Crippen LogP contribution in [0.25, 0.3) is 0 Å². The zero-order chi connectivity index (χ0) is 17.5. The Labute approximate surface area is 141 Å². The Morgan fingerprint density at radius 2 is 1.46 bits per heavy atom. The summed E-state index contributed by atoms with van der Waals surface area (Å²) in [5, 5.41) is 2.79. The first-order valence-corrected chi connectivity index (χ1v) is 7.41. The lowest BCUT2D eigenvalue weighted by atomic mass is 10.2. The van der Waals surface area contributed by atoms with Gasteiger partial charge in [0.15, 0.2) is 6.10 Å². The number of hydrogen-bond donors (Lipinski definition) is 1. The lowest BCUT2D eigenvalue weighted by molar-refractivity contribution is -0.122. The fourth-order valence-corrected chi connectivity index (χ4v) is 2.05. The molecule has 24 heavy (non-hydrogen) atoms. The van der Waals surface area contributed by atoms with Crippen LogP contribution in [-0.4, -0.2) is 33.3 Å². The Hall–Kier alpha value is -2.89. The molecule has 1 amide bonds. The minimum atomic E-state index is -0.676. The Morgan fingerprint density at radius 3 is 2.04 bits per heavy atom. The number of benzene rings is 2. The van der Waals surface area contributed by atoms with Crippen LogP contribution in [-0.2, 0) is 4.79 Å². The van der Waals surface area contributed by atoms with E-state index in [0.29, 0.717) is 22.9 Å². The molecular weight excluding hydrogens is 310 g/mol. The van der Waals surface area contributed by atoms with Gasteiger partial charge in [-0.05, 0) is 43.3 Å². The molecule has 128 valence electrons. The molecule has 1 atom stereocenters. The number of methoxy groups -OCH3 is 3. The highest BCUT2D eigenvalue weighted by Crippen LogP contribution is 2.29. The van der Waals surface area contributed by atoms with Crippen molar-refractivity contribution in [2.45, 2.75) is 13.0 Å². The summed E-state index contributed by atoms with van der Waals surface area (Å²) in [6, 6.07) is 12.2. The average molecular weight is 331 g/mol. The Morgan fingerprint density at radius 1 is 0.875 bits per heavy atom. The second-order valence-corrected chi connectivity index (χ2v) is 4.99. The van der Waals surface area contributed by atoms with Crippen molar-refractivity contribution in [3.63, 3.8) is 0 Å². The number of hydrogen-bond acceptors (Lipinski definition) is 5. The maximum atomic E-state index is 12.3. The van der Waals surface area contributed by atoms with Crippen LogP contribution in [0.1, 0.15) is 6.92 Å². The molecule has 0 aromatic heterocycles. The normalized spacial score (nSPS) is 11.3. The molecule has 0 unspecified atom stereocenters. The summed E-state index contributed by atoms with van der Waals surface area (Å²) >= 11 is 0. The number of anilines is 1. The van der Waals surface area contributed by atoms with Crippen LogP contribution < -0.4 is 24.3 Å². The third kappa shape index (κ3) is 4.32. The van der Waals surface area contributed by atoms with Gasteiger partial charge >= 0.3 is 0 Å². The zero-order valence-electron chi connectivity index (χ0n) is 14.2. The number of nitrogens with one attached hydrogen (secondary N) is 1. The smallest absolute Gasteiger partial charge is 0.265 e. The van der Waals surface area contributed by atoms with Crippen LogP contribution in [0, 0.1) is 0 Å². The molecule has 2 aromatic carbocycles. The molecule has 0 saturated heterocycles. The van der Waals surface area contributed by atoms with Crippen LogP contribution in [0.5, 0.6) is 23.0 Å². The van der Waals surface area contributed by atoms with Gasteiger partial charge in [-0.15, -0.1) is 0 Å². The maximum absolute atomic E-state index is 12.3. The van der Waals surface area contributed by atoms with E-state index < -0.39 is 6.10 Å². The van der Waals surface area contributed by atoms with E-state index in [-0.39, 0.29) is 5.91 Å². The average Bonchev–Trinajstić information content (AvgIpc) is 2.62. The summed E-state index contributed by atoms with van der Waals surface area (Å²) in [5.74, 6) is 2.18. The molecule has 2 rings (SSSR count). The van der Waals surface area contributed by atoms with Crippen molar-refractivity contribution in [2.75, 3.05) is 26.6 Å². The van der Waals surface area contributed by atoms with Crippen molar-refractivity contribution in [1.82, 2.24) is 0 Å². The van der Waals surface area contributed by atoms with Gasteiger partial charge in [-0.3, -0.25) is 4.79 Å². The highest BCUT2D eigenvalue weighted by molar-refractivity contribution is 5.95. The third-order valence-electron chi connectivity index (χ3n) is 3.41. The lowest BCUT2D eigenvalue weighted by Gasteiger charge is -2.16. The molecule has 0 radical (unpaired) electrons. The van der Waals surface area contributed by atoms with E-state index in [2.05, 4.69) is 5.32 Å². The van der Waals surface area contributed by atoms with Gasteiger partial charge in [0.1, 0.15) is 23.0 Å². The number of carbonyl (C=O) groups excluding carboxylic acids is 1. The molecule has 0 saturated carbocycles. The van der Waals surface area contributed by atoms with E-state index in [0.717, 1.165) is 5.75 Å². The van der Waals surface area contributed by atoms with Gasteiger partial charge in [0, 0.05) is 6.07 Å². The van der Waals surface area contributed by atoms with Crippen molar-refractivity contribution in [1.29, 1.82) is 0 Å².